The zero-order chi connectivity index (χ0) is 30.2. The largest absolute Gasteiger partial charge is 0.481 e. The van der Waals surface area contributed by atoms with E-state index in [0.717, 1.165) is 51.0 Å². The van der Waals surface area contributed by atoms with Gasteiger partial charge >= 0.3 is 17.9 Å². The number of piperidine rings is 1. The van der Waals surface area contributed by atoms with Crippen LogP contribution in [0.1, 0.15) is 48.8 Å². The van der Waals surface area contributed by atoms with Crippen molar-refractivity contribution in [2.24, 2.45) is 0 Å². The lowest BCUT2D eigenvalue weighted by molar-refractivity contribution is -0.170. The van der Waals surface area contributed by atoms with E-state index >= 15 is 0 Å². The first-order valence-electron chi connectivity index (χ1n) is 13.5. The number of para-hydroxylation sites is 1. The zero-order valence-electron chi connectivity index (χ0n) is 23.1. The van der Waals surface area contributed by atoms with E-state index in [0.29, 0.717) is 0 Å². The van der Waals surface area contributed by atoms with Gasteiger partial charge in [-0.05, 0) is 48.9 Å². The summed E-state index contributed by atoms with van der Waals surface area (Å²) >= 11 is 0. The molecule has 0 unspecified atom stereocenters. The van der Waals surface area contributed by atoms with Gasteiger partial charge in [0.2, 0.25) is 0 Å². The molecule has 2 heterocycles. The summed E-state index contributed by atoms with van der Waals surface area (Å²) in [6, 6.07) is 16.7. The van der Waals surface area contributed by atoms with Gasteiger partial charge in [0.05, 0.1) is 18.4 Å². The molecule has 0 spiro atoms. The van der Waals surface area contributed by atoms with Crippen LogP contribution in [0.5, 0.6) is 0 Å². The monoisotopic (exact) mass is 570 g/mol. The molecule has 0 aliphatic carbocycles. The standard InChI is InChI=1S/C24H30N2O2.C6H8O7/c1-19-7-2-4-9-22(19)24(28)11-14-25(15-12-24)17-20-18-26(13-6-16-27)23-10-5-3-8-21(20)23;7-3(8)1-6(13,5(11)12)2-4(9)10/h2-5,7-10,18,27-28H,6,11-17H2,1H3;13H,1-2H2,(H,7,8)(H,9,10)(H,11,12). The van der Waals surface area contributed by atoms with Gasteiger partial charge in [0.25, 0.3) is 0 Å². The van der Waals surface area contributed by atoms with Crippen molar-refractivity contribution >= 4 is 28.8 Å². The van der Waals surface area contributed by atoms with Gasteiger partial charge in [-0.2, -0.15) is 0 Å². The fourth-order valence-corrected chi connectivity index (χ4v) is 5.28. The Hall–Kier alpha value is -3.77. The average Bonchev–Trinajstić information content (AvgIpc) is 3.25. The lowest BCUT2D eigenvalue weighted by Gasteiger charge is -2.39. The molecule has 1 saturated heterocycles. The Kier molecular flexibility index (Phi) is 10.6. The lowest BCUT2D eigenvalue weighted by atomic mass is 9.82. The Bertz CT molecular complexity index is 1340. The summed E-state index contributed by atoms with van der Waals surface area (Å²) in [6.07, 6.45) is 2.25. The molecule has 0 saturated carbocycles. The summed E-state index contributed by atoms with van der Waals surface area (Å²) < 4.78 is 2.26. The molecular formula is C30H38N2O9. The molecule has 6 N–H and O–H groups in total. The van der Waals surface area contributed by atoms with Gasteiger partial charge in [0, 0.05) is 49.9 Å². The van der Waals surface area contributed by atoms with E-state index in [1.807, 2.05) is 12.1 Å². The number of rotatable bonds is 11. The molecule has 0 atom stereocenters. The number of carbonyl (C=O) groups is 3. The van der Waals surface area contributed by atoms with Crippen molar-refractivity contribution in [1.82, 2.24) is 9.47 Å². The van der Waals surface area contributed by atoms with Crippen LogP contribution in [0.15, 0.2) is 54.7 Å². The first-order valence-corrected chi connectivity index (χ1v) is 13.5. The number of aliphatic carboxylic acids is 3. The summed E-state index contributed by atoms with van der Waals surface area (Å²) in [5.41, 5.74) is 1.36. The number of benzene rings is 2. The number of fused-ring (bicyclic) bond motifs is 1. The van der Waals surface area contributed by atoms with Crippen LogP contribution in [0.3, 0.4) is 0 Å². The van der Waals surface area contributed by atoms with E-state index < -0.39 is 42.0 Å². The van der Waals surface area contributed by atoms with Gasteiger partial charge < -0.3 is 35.2 Å². The second-order valence-corrected chi connectivity index (χ2v) is 10.5. The topological polar surface area (TPSA) is 181 Å². The number of carboxylic acids is 3. The van der Waals surface area contributed by atoms with Crippen molar-refractivity contribution in [3.8, 4) is 0 Å². The Morgan fingerprint density at radius 2 is 1.51 bits per heavy atom. The van der Waals surface area contributed by atoms with Crippen LogP contribution >= 0.6 is 0 Å². The predicted molar refractivity (Wildman–Crippen MR) is 150 cm³/mol. The molecule has 0 radical (unpaired) electrons. The number of carboxylic acid groups (broad SMARTS) is 3. The Morgan fingerprint density at radius 1 is 0.927 bits per heavy atom. The smallest absolute Gasteiger partial charge is 0.336 e. The number of likely N-dealkylation sites (tertiary alicyclic amines) is 1. The second kappa shape index (κ2) is 13.7. The van der Waals surface area contributed by atoms with Gasteiger partial charge in [0.1, 0.15) is 0 Å². The summed E-state index contributed by atoms with van der Waals surface area (Å²) in [5.74, 6) is -5.02. The zero-order valence-corrected chi connectivity index (χ0v) is 23.1. The molecule has 1 aromatic heterocycles. The van der Waals surface area contributed by atoms with E-state index in [-0.39, 0.29) is 6.61 Å². The molecule has 0 amide bonds. The van der Waals surface area contributed by atoms with Crippen LogP contribution in [-0.2, 0) is 33.1 Å². The summed E-state index contributed by atoms with van der Waals surface area (Å²) in [5, 5.41) is 55.5. The fourth-order valence-electron chi connectivity index (χ4n) is 5.28. The number of aromatic nitrogens is 1. The van der Waals surface area contributed by atoms with Crippen LogP contribution < -0.4 is 0 Å². The van der Waals surface area contributed by atoms with Gasteiger partial charge in [-0.3, -0.25) is 14.5 Å². The van der Waals surface area contributed by atoms with Crippen molar-refractivity contribution in [3.05, 3.63) is 71.4 Å². The number of aliphatic hydroxyl groups excluding tert-OH is 1. The highest BCUT2D eigenvalue weighted by molar-refractivity contribution is 5.88. The minimum Gasteiger partial charge on any atom is -0.481 e. The molecule has 11 nitrogen and oxygen atoms in total. The second-order valence-electron chi connectivity index (χ2n) is 10.5. The predicted octanol–water partition coefficient (Wildman–Crippen LogP) is 2.57. The molecule has 3 aromatic rings. The molecular weight excluding hydrogens is 532 g/mol. The van der Waals surface area contributed by atoms with Crippen molar-refractivity contribution in [2.75, 3.05) is 19.7 Å². The van der Waals surface area contributed by atoms with Crippen molar-refractivity contribution < 1.29 is 45.0 Å². The Morgan fingerprint density at radius 3 is 2.07 bits per heavy atom. The fraction of sp³-hybridized carbons (Fsp3) is 0.433. The maximum absolute atomic E-state index is 11.2. The highest BCUT2D eigenvalue weighted by atomic mass is 16.4. The van der Waals surface area contributed by atoms with E-state index in [1.165, 1.54) is 22.0 Å². The molecule has 2 aromatic carbocycles. The number of nitrogens with zero attached hydrogens (tertiary/aromatic N) is 2. The number of hydrogen-bond acceptors (Lipinski definition) is 7. The normalized spacial score (nSPS) is 15.2. The first kappa shape index (κ1) is 31.8. The van der Waals surface area contributed by atoms with E-state index in [1.54, 1.807) is 0 Å². The quantitative estimate of drug-likeness (QED) is 0.200. The number of hydrogen-bond donors (Lipinski definition) is 6. The third-order valence-corrected chi connectivity index (χ3v) is 7.44. The van der Waals surface area contributed by atoms with Crippen molar-refractivity contribution in [2.45, 2.75) is 63.3 Å². The Balaban J connectivity index is 0.000000302. The molecule has 1 aliphatic rings. The third kappa shape index (κ3) is 8.14. The maximum atomic E-state index is 11.2. The number of aliphatic hydroxyl groups is 3. The summed E-state index contributed by atoms with van der Waals surface area (Å²) in [6.45, 7) is 5.81. The average molecular weight is 571 g/mol. The van der Waals surface area contributed by atoms with Crippen LogP contribution in [0.25, 0.3) is 10.9 Å². The van der Waals surface area contributed by atoms with Crippen LogP contribution in [0.2, 0.25) is 0 Å². The molecule has 41 heavy (non-hydrogen) atoms. The van der Waals surface area contributed by atoms with Crippen molar-refractivity contribution in [3.63, 3.8) is 0 Å². The van der Waals surface area contributed by atoms with E-state index in [2.05, 4.69) is 59.0 Å². The molecule has 11 heteroatoms. The molecule has 0 bridgehead atoms. The van der Waals surface area contributed by atoms with Gasteiger partial charge in [0.15, 0.2) is 5.60 Å². The van der Waals surface area contributed by atoms with Gasteiger partial charge in [-0.25, -0.2) is 4.79 Å². The van der Waals surface area contributed by atoms with E-state index in [4.69, 9.17) is 20.4 Å². The SMILES string of the molecule is Cc1ccccc1C1(O)CCN(Cc2cn(CCCO)c3ccccc23)CC1.O=C(O)CC(O)(CC(=O)O)C(=O)O. The number of aryl methyl sites for hydroxylation is 2. The first-order chi connectivity index (χ1) is 19.4. The van der Waals surface area contributed by atoms with Crippen LogP contribution in [0, 0.1) is 6.92 Å². The maximum Gasteiger partial charge on any atom is 0.336 e. The minimum absolute atomic E-state index is 0.214. The third-order valence-electron chi connectivity index (χ3n) is 7.44. The van der Waals surface area contributed by atoms with Crippen LogP contribution in [0.4, 0.5) is 0 Å². The van der Waals surface area contributed by atoms with Gasteiger partial charge in [-0.15, -0.1) is 0 Å². The van der Waals surface area contributed by atoms with Gasteiger partial charge in [-0.1, -0.05) is 42.5 Å². The Labute approximate surface area is 237 Å². The van der Waals surface area contributed by atoms with Crippen LogP contribution in [-0.4, -0.2) is 83.3 Å². The highest BCUT2D eigenvalue weighted by Gasteiger charge is 2.41. The highest BCUT2D eigenvalue weighted by Crippen LogP contribution is 2.35. The van der Waals surface area contributed by atoms with E-state index in [9.17, 15) is 24.6 Å². The minimum atomic E-state index is -2.74. The molecule has 222 valence electrons. The summed E-state index contributed by atoms with van der Waals surface area (Å²) in [7, 11) is 0. The van der Waals surface area contributed by atoms with Crippen molar-refractivity contribution in [1.29, 1.82) is 0 Å². The molecule has 1 fully saturated rings. The lowest BCUT2D eigenvalue weighted by Crippen LogP contribution is -2.42. The summed E-state index contributed by atoms with van der Waals surface area (Å²) in [4.78, 5) is 32.9. The molecule has 4 rings (SSSR count). The molecule has 1 aliphatic heterocycles.